The molecule has 0 bridgehead atoms. The molecule has 0 aromatic carbocycles. The van der Waals surface area contributed by atoms with E-state index in [-0.39, 0.29) is 11.3 Å². The first-order chi connectivity index (χ1) is 12.1. The van der Waals surface area contributed by atoms with Gasteiger partial charge in [-0.25, -0.2) is 0 Å². The molecule has 0 aromatic heterocycles. The third-order valence-corrected chi connectivity index (χ3v) is 6.24. The van der Waals surface area contributed by atoms with E-state index in [1.54, 1.807) is 7.11 Å². The van der Waals surface area contributed by atoms with E-state index in [4.69, 9.17) is 4.74 Å². The molecule has 0 atom stereocenters. The Morgan fingerprint density at radius 1 is 1.20 bits per heavy atom. The average Bonchev–Trinajstić information content (AvgIpc) is 2.65. The number of nitrogens with zero attached hydrogens (tertiary/aromatic N) is 2. The fraction of sp³-hybridized carbons (Fsp3) is 0.895. The fourth-order valence-corrected chi connectivity index (χ4v) is 4.62. The van der Waals surface area contributed by atoms with Crippen LogP contribution < -0.4 is 5.32 Å². The number of carbonyl (C=O) groups excluding carboxylic acids is 2. The van der Waals surface area contributed by atoms with E-state index in [1.165, 1.54) is 0 Å². The summed E-state index contributed by atoms with van der Waals surface area (Å²) in [6.07, 6.45) is 6.64. The van der Waals surface area contributed by atoms with Gasteiger partial charge in [-0.15, -0.1) is 0 Å². The van der Waals surface area contributed by atoms with E-state index in [0.29, 0.717) is 24.9 Å². The summed E-state index contributed by atoms with van der Waals surface area (Å²) < 4.78 is 5.41. The van der Waals surface area contributed by atoms with Gasteiger partial charge in [-0.1, -0.05) is 0 Å². The highest BCUT2D eigenvalue weighted by atomic mass is 16.5. The summed E-state index contributed by atoms with van der Waals surface area (Å²) in [4.78, 5) is 29.3. The topological polar surface area (TPSA) is 61.9 Å². The number of carbonyl (C=O) groups is 2. The normalized spacial score (nSPS) is 25.2. The van der Waals surface area contributed by atoms with Crippen LogP contribution in [0.3, 0.4) is 0 Å². The largest absolute Gasteiger partial charge is 0.384 e. The Kier molecular flexibility index (Phi) is 6.34. The first-order valence-electron chi connectivity index (χ1n) is 9.91. The molecule has 3 fully saturated rings. The van der Waals surface area contributed by atoms with E-state index >= 15 is 0 Å². The monoisotopic (exact) mass is 351 g/mol. The highest BCUT2D eigenvalue weighted by Gasteiger charge is 2.43. The second kappa shape index (κ2) is 8.49. The van der Waals surface area contributed by atoms with Crippen molar-refractivity contribution in [2.75, 3.05) is 53.0 Å². The quantitative estimate of drug-likeness (QED) is 0.810. The third-order valence-electron chi connectivity index (χ3n) is 6.24. The summed E-state index contributed by atoms with van der Waals surface area (Å²) >= 11 is 0. The maximum Gasteiger partial charge on any atom is 0.231 e. The number of ether oxygens (including phenoxy) is 1. The minimum Gasteiger partial charge on any atom is -0.384 e. The second-order valence-electron chi connectivity index (χ2n) is 8.00. The van der Waals surface area contributed by atoms with Gasteiger partial charge in [0.2, 0.25) is 11.8 Å². The van der Waals surface area contributed by atoms with Crippen molar-refractivity contribution >= 4 is 11.8 Å². The van der Waals surface area contributed by atoms with E-state index in [1.807, 2.05) is 4.90 Å². The molecule has 6 heteroatoms. The highest BCUT2D eigenvalue weighted by Crippen LogP contribution is 2.33. The van der Waals surface area contributed by atoms with Crippen molar-refractivity contribution < 1.29 is 14.3 Å². The van der Waals surface area contributed by atoms with Gasteiger partial charge in [0.15, 0.2) is 0 Å². The van der Waals surface area contributed by atoms with Crippen molar-refractivity contribution in [2.24, 2.45) is 11.3 Å². The summed E-state index contributed by atoms with van der Waals surface area (Å²) in [5.41, 5.74) is -0.338. The summed E-state index contributed by atoms with van der Waals surface area (Å²) in [5, 5.41) is 3.35. The van der Waals surface area contributed by atoms with Gasteiger partial charge in [-0.05, 0) is 57.5 Å². The van der Waals surface area contributed by atoms with Crippen molar-refractivity contribution in [2.45, 2.75) is 44.9 Å². The Hall–Kier alpha value is -1.14. The zero-order valence-corrected chi connectivity index (χ0v) is 15.6. The van der Waals surface area contributed by atoms with Crippen molar-refractivity contribution in [3.05, 3.63) is 0 Å². The summed E-state index contributed by atoms with van der Waals surface area (Å²) in [5.74, 6) is 1.14. The van der Waals surface area contributed by atoms with Crippen LogP contribution in [0.15, 0.2) is 0 Å². The molecule has 0 spiro atoms. The van der Waals surface area contributed by atoms with E-state index in [0.717, 1.165) is 77.8 Å². The smallest absolute Gasteiger partial charge is 0.231 e. The maximum atomic E-state index is 13.2. The van der Waals surface area contributed by atoms with Crippen LogP contribution in [0.25, 0.3) is 0 Å². The first kappa shape index (κ1) is 18.6. The molecule has 0 saturated carbocycles. The van der Waals surface area contributed by atoms with Gasteiger partial charge >= 0.3 is 0 Å². The van der Waals surface area contributed by atoms with Crippen molar-refractivity contribution in [3.63, 3.8) is 0 Å². The zero-order chi connectivity index (χ0) is 17.7. The Morgan fingerprint density at radius 2 is 1.92 bits per heavy atom. The molecule has 6 nitrogen and oxygen atoms in total. The lowest BCUT2D eigenvalue weighted by molar-refractivity contribution is -0.149. The number of rotatable bonds is 5. The van der Waals surface area contributed by atoms with Gasteiger partial charge in [-0.3, -0.25) is 9.59 Å². The lowest BCUT2D eigenvalue weighted by Crippen LogP contribution is -2.53. The number of piperidine rings is 3. The molecule has 0 aromatic rings. The SMILES string of the molecule is COCC1(C(=O)N2CCC(CN3CCCCC3=O)CC2)CCNCC1. The number of likely N-dealkylation sites (tertiary alicyclic amines) is 2. The Bertz CT molecular complexity index is 463. The molecule has 2 amide bonds. The molecule has 0 unspecified atom stereocenters. The summed E-state index contributed by atoms with van der Waals surface area (Å²) in [6, 6.07) is 0. The summed E-state index contributed by atoms with van der Waals surface area (Å²) in [7, 11) is 1.69. The van der Waals surface area contributed by atoms with Gasteiger partial charge in [0.1, 0.15) is 0 Å². The molecule has 25 heavy (non-hydrogen) atoms. The van der Waals surface area contributed by atoms with Crippen LogP contribution in [0.4, 0.5) is 0 Å². The molecule has 3 rings (SSSR count). The first-order valence-corrected chi connectivity index (χ1v) is 9.91. The van der Waals surface area contributed by atoms with E-state index < -0.39 is 0 Å². The highest BCUT2D eigenvalue weighted by molar-refractivity contribution is 5.83. The Labute approximate surface area is 151 Å². The number of hydrogen-bond donors (Lipinski definition) is 1. The van der Waals surface area contributed by atoms with Crippen molar-refractivity contribution in [1.82, 2.24) is 15.1 Å². The van der Waals surface area contributed by atoms with E-state index in [2.05, 4.69) is 10.2 Å². The molecule has 1 N–H and O–H groups in total. The third kappa shape index (κ3) is 4.34. The Morgan fingerprint density at radius 3 is 2.56 bits per heavy atom. The molecule has 3 saturated heterocycles. The molecule has 142 valence electrons. The van der Waals surface area contributed by atoms with Gasteiger partial charge < -0.3 is 19.9 Å². The maximum absolute atomic E-state index is 13.2. The zero-order valence-electron chi connectivity index (χ0n) is 15.6. The number of amides is 2. The number of nitrogens with one attached hydrogen (secondary N) is 1. The molecule has 3 heterocycles. The summed E-state index contributed by atoms with van der Waals surface area (Å²) in [6.45, 7) is 5.76. The second-order valence-corrected chi connectivity index (χ2v) is 8.00. The van der Waals surface area contributed by atoms with Crippen LogP contribution in [-0.2, 0) is 14.3 Å². The van der Waals surface area contributed by atoms with E-state index in [9.17, 15) is 9.59 Å². The molecule has 0 radical (unpaired) electrons. The van der Waals surface area contributed by atoms with Crippen LogP contribution in [-0.4, -0.2) is 74.6 Å². The average molecular weight is 351 g/mol. The fourth-order valence-electron chi connectivity index (χ4n) is 4.62. The van der Waals surface area contributed by atoms with Crippen molar-refractivity contribution in [3.8, 4) is 0 Å². The molecule has 3 aliphatic heterocycles. The minimum absolute atomic E-state index is 0.281. The predicted octanol–water partition coefficient (Wildman–Crippen LogP) is 1.25. The molecule has 0 aliphatic carbocycles. The van der Waals surface area contributed by atoms with Crippen LogP contribution in [0.5, 0.6) is 0 Å². The van der Waals surface area contributed by atoms with Crippen molar-refractivity contribution in [1.29, 1.82) is 0 Å². The van der Waals surface area contributed by atoms with Gasteiger partial charge in [0, 0.05) is 39.7 Å². The lowest BCUT2D eigenvalue weighted by atomic mass is 9.77. The Balaban J connectivity index is 1.52. The van der Waals surface area contributed by atoms with Crippen LogP contribution >= 0.6 is 0 Å². The molecular weight excluding hydrogens is 318 g/mol. The molecule has 3 aliphatic rings. The standard InChI is InChI=1S/C19H33N3O3/c1-25-15-19(7-9-20-10-8-19)18(24)21-12-5-16(6-13-21)14-22-11-3-2-4-17(22)23/h16,20H,2-15H2,1H3. The number of methoxy groups -OCH3 is 1. The van der Waals surface area contributed by atoms with Crippen LogP contribution in [0.2, 0.25) is 0 Å². The lowest BCUT2D eigenvalue weighted by Gasteiger charge is -2.42. The minimum atomic E-state index is -0.338. The predicted molar refractivity (Wildman–Crippen MR) is 96.1 cm³/mol. The number of hydrogen-bond acceptors (Lipinski definition) is 4. The van der Waals surface area contributed by atoms with Gasteiger partial charge in [0.05, 0.1) is 12.0 Å². The molecular formula is C19H33N3O3. The van der Waals surface area contributed by atoms with Crippen LogP contribution in [0.1, 0.15) is 44.9 Å². The van der Waals surface area contributed by atoms with Gasteiger partial charge in [0.25, 0.3) is 0 Å². The van der Waals surface area contributed by atoms with Crippen LogP contribution in [0, 0.1) is 11.3 Å². The van der Waals surface area contributed by atoms with Gasteiger partial charge in [-0.2, -0.15) is 0 Å².